The standard InChI is InChI=1S/C40H62N2O12S4/c1-38(2)26-28(11-7-13-36-39(3,4)32-24-30(55-54-53-43)15-17-34(32)41(36)19-9-21-56(44,45)46)23-29(27-38)12-8-14-37-40(5,6)33-25-31(58(50,51)52)16-18-35(33)42(37)20-10-22-57(47,48)49/h7-8,11-14,23,30-35H,9-10,15-22,24-27H2,1-6H3,(H3-,43,44,45,46,47,48,49,50,51,52)/p-3. The highest BCUT2D eigenvalue weighted by atomic mass is 32.2. The van der Waals surface area contributed by atoms with E-state index in [1.165, 1.54) is 0 Å². The lowest BCUT2D eigenvalue weighted by Crippen LogP contribution is -2.42. The maximum Gasteiger partial charge on any atom is 0.182 e. The minimum atomic E-state index is -4.46. The van der Waals surface area contributed by atoms with Crippen molar-refractivity contribution in [2.75, 3.05) is 24.6 Å². The second-order valence-electron chi connectivity index (χ2n) is 18.6. The number of likely N-dealkylation sites (tertiary alicyclic amines) is 1. The molecule has 0 radical (unpaired) electrons. The Morgan fingerprint density at radius 2 is 1.50 bits per heavy atom. The van der Waals surface area contributed by atoms with E-state index in [0.29, 0.717) is 19.5 Å². The van der Waals surface area contributed by atoms with E-state index in [1.807, 2.05) is 32.1 Å². The molecule has 18 heteroatoms. The van der Waals surface area contributed by atoms with Gasteiger partial charge in [-0.25, -0.2) is 29.8 Å². The first-order chi connectivity index (χ1) is 26.8. The van der Waals surface area contributed by atoms with Gasteiger partial charge in [0.1, 0.15) is 6.54 Å². The minimum absolute atomic E-state index is 0.0510. The Balaban J connectivity index is 1.41. The molecule has 14 nitrogen and oxygen atoms in total. The Hall–Kier alpha value is -1.87. The molecule has 1 saturated heterocycles. The summed E-state index contributed by atoms with van der Waals surface area (Å²) in [5, 5.41) is 13.2. The van der Waals surface area contributed by atoms with Crippen LogP contribution in [0.1, 0.15) is 106 Å². The third-order valence-corrected chi connectivity index (χ3v) is 16.8. The molecule has 0 spiro atoms. The van der Waals surface area contributed by atoms with Gasteiger partial charge in [0, 0.05) is 82.6 Å². The molecular formula is C40H59N2O12S4-3. The molecule has 5 aliphatic rings. The number of hydrogen-bond donors (Lipinski definition) is 0. The van der Waals surface area contributed by atoms with Gasteiger partial charge in [0.2, 0.25) is 0 Å². The quantitative estimate of drug-likeness (QED) is 0.0665. The molecule has 3 fully saturated rings. The highest BCUT2D eigenvalue weighted by Crippen LogP contribution is 2.54. The van der Waals surface area contributed by atoms with Crippen molar-refractivity contribution in [1.29, 1.82) is 0 Å². The molecule has 0 aromatic rings. The zero-order valence-electron chi connectivity index (χ0n) is 34.3. The third kappa shape index (κ3) is 11.7. The lowest BCUT2D eigenvalue weighted by Gasteiger charge is -2.39. The molecule has 6 unspecified atom stereocenters. The lowest BCUT2D eigenvalue weighted by atomic mass is 9.69. The minimum Gasteiger partial charge on any atom is -0.748 e. The predicted molar refractivity (Wildman–Crippen MR) is 218 cm³/mol. The fraction of sp³-hybridized carbons (Fsp3) is 0.725. The fourth-order valence-corrected chi connectivity index (χ4v) is 13.2. The van der Waals surface area contributed by atoms with Crippen LogP contribution in [0.25, 0.3) is 0 Å². The highest BCUT2D eigenvalue weighted by molar-refractivity contribution is 7.95. The SMILES string of the molecule is CC1(C)CC(/C=C/C=C2/N(CCCS(=O)(=O)[O-])C3CCC(S(=O)(=O)[O-])CC3C2(C)C)=CC(=C/C=C/C2=[N+](CCCS(=O)(=O)[O-])C3CCC(SOO[O-])CC3C2(C)C)/C1. The van der Waals surface area contributed by atoms with Crippen molar-refractivity contribution in [3.8, 4) is 0 Å². The topological polar surface area (TPSA) is 219 Å². The average Bonchev–Trinajstić information content (AvgIpc) is 3.43. The summed E-state index contributed by atoms with van der Waals surface area (Å²) in [5.74, 6) is -0.862. The van der Waals surface area contributed by atoms with Gasteiger partial charge in [0.25, 0.3) is 0 Å². The largest absolute Gasteiger partial charge is 0.748 e. The zero-order valence-corrected chi connectivity index (χ0v) is 37.6. The summed E-state index contributed by atoms with van der Waals surface area (Å²) in [4.78, 5) is 2.12. The van der Waals surface area contributed by atoms with Crippen LogP contribution in [-0.4, -0.2) is 101 Å². The summed E-state index contributed by atoms with van der Waals surface area (Å²) < 4.78 is 112. The van der Waals surface area contributed by atoms with Gasteiger partial charge >= 0.3 is 0 Å². The molecule has 0 N–H and O–H groups in total. The molecule has 3 aliphatic carbocycles. The van der Waals surface area contributed by atoms with Gasteiger partial charge < -0.3 is 23.8 Å². The molecule has 2 aliphatic heterocycles. The fourth-order valence-electron chi connectivity index (χ4n) is 10.7. The molecule has 2 saturated carbocycles. The van der Waals surface area contributed by atoms with Gasteiger partial charge in [-0.1, -0.05) is 58.1 Å². The van der Waals surface area contributed by atoms with Crippen molar-refractivity contribution in [2.45, 2.75) is 128 Å². The summed E-state index contributed by atoms with van der Waals surface area (Å²) in [7, 11) is -13.2. The molecule has 2 heterocycles. The van der Waals surface area contributed by atoms with Gasteiger partial charge in [-0.2, -0.15) is 4.33 Å². The van der Waals surface area contributed by atoms with Crippen molar-refractivity contribution >= 4 is 48.1 Å². The predicted octanol–water partition coefficient (Wildman–Crippen LogP) is 4.85. The molecule has 6 atom stereocenters. The van der Waals surface area contributed by atoms with E-state index < -0.39 is 52.5 Å². The third-order valence-electron chi connectivity index (χ3n) is 13.2. The van der Waals surface area contributed by atoms with Gasteiger partial charge in [-0.05, 0) is 93.8 Å². The zero-order chi connectivity index (χ0) is 42.9. The average molecular weight is 888 g/mol. The van der Waals surface area contributed by atoms with Crippen molar-refractivity contribution in [2.24, 2.45) is 28.1 Å². The number of allylic oxidation sites excluding steroid dienone is 10. The van der Waals surface area contributed by atoms with E-state index in [2.05, 4.69) is 70.8 Å². The first kappa shape index (κ1) is 47.2. The first-order valence-electron chi connectivity index (χ1n) is 20.1. The Kier molecular flexibility index (Phi) is 14.8. The summed E-state index contributed by atoms with van der Waals surface area (Å²) in [6, 6.07) is 0.0675. The molecule has 0 amide bonds. The van der Waals surface area contributed by atoms with Crippen LogP contribution in [0.3, 0.4) is 0 Å². The van der Waals surface area contributed by atoms with Gasteiger partial charge in [-0.15, -0.1) is 0 Å². The van der Waals surface area contributed by atoms with E-state index in [-0.39, 0.29) is 65.7 Å². The van der Waals surface area contributed by atoms with Crippen LogP contribution in [0.15, 0.2) is 59.4 Å². The lowest BCUT2D eigenvalue weighted by molar-refractivity contribution is -0.777. The first-order valence-corrected chi connectivity index (χ1v) is 25.6. The molecule has 0 aromatic carbocycles. The number of hydrogen-bond acceptors (Lipinski definition) is 14. The van der Waals surface area contributed by atoms with Crippen molar-refractivity contribution < 1.29 is 58.1 Å². The van der Waals surface area contributed by atoms with Crippen LogP contribution in [0, 0.1) is 28.1 Å². The van der Waals surface area contributed by atoms with E-state index in [4.69, 9.17) is 0 Å². The Bertz CT molecular complexity index is 2050. The Morgan fingerprint density at radius 3 is 2.16 bits per heavy atom. The van der Waals surface area contributed by atoms with Crippen LogP contribution >= 0.6 is 12.0 Å². The molecule has 0 aromatic heterocycles. The van der Waals surface area contributed by atoms with Gasteiger partial charge in [0.05, 0.1) is 35.8 Å². The number of nitrogens with zero attached hydrogens (tertiary/aromatic N) is 2. The van der Waals surface area contributed by atoms with Crippen LogP contribution < -0.4 is 5.26 Å². The van der Waals surface area contributed by atoms with Crippen LogP contribution in [0.2, 0.25) is 0 Å². The molecule has 328 valence electrons. The van der Waals surface area contributed by atoms with Crippen molar-refractivity contribution in [3.05, 3.63) is 59.4 Å². The van der Waals surface area contributed by atoms with Crippen LogP contribution in [0.5, 0.6) is 0 Å². The van der Waals surface area contributed by atoms with E-state index in [1.54, 1.807) is 0 Å². The van der Waals surface area contributed by atoms with Crippen LogP contribution in [-0.2, 0) is 39.7 Å². The number of fused-ring (bicyclic) bond motifs is 2. The Labute approximate surface area is 349 Å². The molecule has 0 bridgehead atoms. The van der Waals surface area contributed by atoms with Crippen molar-refractivity contribution in [1.82, 2.24) is 4.90 Å². The summed E-state index contributed by atoms with van der Waals surface area (Å²) in [6.45, 7) is 13.6. The smallest absolute Gasteiger partial charge is 0.182 e. The van der Waals surface area contributed by atoms with E-state index in [9.17, 15) is 44.2 Å². The van der Waals surface area contributed by atoms with Gasteiger partial charge in [-0.3, -0.25) is 5.04 Å². The summed E-state index contributed by atoms with van der Waals surface area (Å²) in [6.07, 6.45) is 19.8. The Morgan fingerprint density at radius 1 is 0.828 bits per heavy atom. The van der Waals surface area contributed by atoms with Crippen molar-refractivity contribution in [3.63, 3.8) is 0 Å². The maximum atomic E-state index is 12.0. The molecule has 58 heavy (non-hydrogen) atoms. The van der Waals surface area contributed by atoms with E-state index in [0.717, 1.165) is 66.7 Å². The second kappa shape index (κ2) is 18.2. The van der Waals surface area contributed by atoms with Crippen LogP contribution in [0.4, 0.5) is 0 Å². The summed E-state index contributed by atoms with van der Waals surface area (Å²) >= 11 is 1.04. The monoisotopic (exact) mass is 887 g/mol. The molecule has 5 rings (SSSR count). The van der Waals surface area contributed by atoms with E-state index >= 15 is 0 Å². The summed E-state index contributed by atoms with van der Waals surface area (Å²) in [5.41, 5.74) is 3.37. The normalized spacial score (nSPS) is 31.4. The number of rotatable bonds is 16. The maximum absolute atomic E-state index is 12.0. The van der Waals surface area contributed by atoms with Gasteiger partial charge in [0.15, 0.2) is 11.8 Å². The highest BCUT2D eigenvalue weighted by Gasteiger charge is 2.56. The second-order valence-corrected chi connectivity index (χ2v) is 24.3. The molecular weight excluding hydrogens is 829 g/mol.